The first kappa shape index (κ1) is 9.52. The zero-order valence-corrected chi connectivity index (χ0v) is 9.35. The third-order valence-electron chi connectivity index (χ3n) is 2.34. The fraction of sp³-hybridized carbons (Fsp3) is 0.300. The fourth-order valence-corrected chi connectivity index (χ4v) is 2.20. The summed E-state index contributed by atoms with van der Waals surface area (Å²) in [6, 6.07) is 3.66. The predicted molar refractivity (Wildman–Crippen MR) is 57.7 cm³/mol. The lowest BCUT2D eigenvalue weighted by atomic mass is 10.1. The molecule has 1 N–H and O–H groups in total. The molecule has 1 aromatic carbocycles. The van der Waals surface area contributed by atoms with Crippen molar-refractivity contribution in [1.82, 2.24) is 0 Å². The van der Waals surface area contributed by atoms with Gasteiger partial charge in [0.1, 0.15) is 0 Å². The van der Waals surface area contributed by atoms with Gasteiger partial charge in [-0.05, 0) is 40.0 Å². The van der Waals surface area contributed by atoms with Gasteiger partial charge in [0.25, 0.3) is 0 Å². The fourth-order valence-electron chi connectivity index (χ4n) is 1.68. The molecule has 0 amide bonds. The number of carbonyl (C=O) groups is 1. The minimum Gasteiger partial charge on any atom is -0.465 e. The lowest BCUT2D eigenvalue weighted by molar-refractivity contribution is 0.0600. The third-order valence-corrected chi connectivity index (χ3v) is 3.00. The molecule has 0 fully saturated rings. The quantitative estimate of drug-likeness (QED) is 0.783. The van der Waals surface area contributed by atoms with Crippen molar-refractivity contribution in [2.24, 2.45) is 0 Å². The normalized spacial score (nSPS) is 13.3. The van der Waals surface area contributed by atoms with Gasteiger partial charge in [0, 0.05) is 11.0 Å². The molecule has 0 radical (unpaired) electrons. The van der Waals surface area contributed by atoms with E-state index in [4.69, 9.17) is 4.74 Å². The van der Waals surface area contributed by atoms with E-state index in [0.29, 0.717) is 5.56 Å². The second-order valence-electron chi connectivity index (χ2n) is 3.12. The number of rotatable bonds is 1. The Kier molecular flexibility index (Phi) is 2.46. The Morgan fingerprint density at radius 3 is 3.07 bits per heavy atom. The highest BCUT2D eigenvalue weighted by Crippen LogP contribution is 2.33. The van der Waals surface area contributed by atoms with Crippen molar-refractivity contribution >= 4 is 27.6 Å². The second kappa shape index (κ2) is 3.61. The largest absolute Gasteiger partial charge is 0.465 e. The predicted octanol–water partition coefficient (Wildman–Crippen LogP) is 2.20. The molecule has 0 atom stereocenters. The summed E-state index contributed by atoms with van der Waals surface area (Å²) in [7, 11) is 1.40. The van der Waals surface area contributed by atoms with E-state index in [1.807, 2.05) is 6.07 Å². The molecular weight excluding hydrogens is 246 g/mol. The van der Waals surface area contributed by atoms with Gasteiger partial charge in [0.15, 0.2) is 0 Å². The lowest BCUT2D eigenvalue weighted by Crippen LogP contribution is -2.04. The Morgan fingerprint density at radius 2 is 2.36 bits per heavy atom. The molecule has 0 aromatic heterocycles. The highest BCUT2D eigenvalue weighted by molar-refractivity contribution is 9.10. The van der Waals surface area contributed by atoms with Gasteiger partial charge < -0.3 is 10.1 Å². The summed E-state index contributed by atoms with van der Waals surface area (Å²) in [6.07, 6.45) is 0.874. The number of benzene rings is 1. The summed E-state index contributed by atoms with van der Waals surface area (Å²) in [5.41, 5.74) is 2.73. The minimum absolute atomic E-state index is 0.266. The van der Waals surface area contributed by atoms with Crippen LogP contribution in [-0.4, -0.2) is 19.6 Å². The molecular formula is C10H10BrNO2. The first-order chi connectivity index (χ1) is 6.74. The molecule has 0 saturated heterocycles. The van der Waals surface area contributed by atoms with E-state index in [0.717, 1.165) is 28.7 Å². The van der Waals surface area contributed by atoms with Crippen LogP contribution in [0.25, 0.3) is 0 Å². The molecule has 1 heterocycles. The summed E-state index contributed by atoms with van der Waals surface area (Å²) in [5, 5.41) is 3.23. The Hall–Kier alpha value is -1.03. The van der Waals surface area contributed by atoms with E-state index in [9.17, 15) is 4.79 Å². The molecule has 0 bridgehead atoms. The smallest absolute Gasteiger partial charge is 0.338 e. The molecule has 0 aliphatic carbocycles. The molecule has 1 aliphatic rings. The summed E-state index contributed by atoms with van der Waals surface area (Å²) in [6.45, 7) is 0.877. The summed E-state index contributed by atoms with van der Waals surface area (Å²) < 4.78 is 5.72. The highest BCUT2D eigenvalue weighted by atomic mass is 79.9. The van der Waals surface area contributed by atoms with Crippen LogP contribution in [0.3, 0.4) is 0 Å². The minimum atomic E-state index is -0.266. The number of halogens is 1. The SMILES string of the molecule is COC(=O)c1ccc(Br)c2c1CCN2. The molecule has 4 heteroatoms. The molecule has 1 aliphatic heterocycles. The summed E-state index contributed by atoms with van der Waals surface area (Å²) >= 11 is 3.44. The Labute approximate surface area is 90.6 Å². The third kappa shape index (κ3) is 1.39. The van der Waals surface area contributed by atoms with Crippen LogP contribution < -0.4 is 5.32 Å². The van der Waals surface area contributed by atoms with Crippen molar-refractivity contribution in [2.75, 3.05) is 19.0 Å². The van der Waals surface area contributed by atoms with Crippen LogP contribution in [0.15, 0.2) is 16.6 Å². The molecule has 3 nitrogen and oxygen atoms in total. The van der Waals surface area contributed by atoms with Crippen LogP contribution >= 0.6 is 15.9 Å². The molecule has 0 spiro atoms. The van der Waals surface area contributed by atoms with Gasteiger partial charge in [-0.1, -0.05) is 0 Å². The first-order valence-electron chi connectivity index (χ1n) is 4.37. The Morgan fingerprint density at radius 1 is 1.57 bits per heavy atom. The summed E-state index contributed by atoms with van der Waals surface area (Å²) in [5.74, 6) is -0.266. The van der Waals surface area contributed by atoms with Crippen LogP contribution in [0.5, 0.6) is 0 Å². The average Bonchev–Trinajstić information content (AvgIpc) is 2.67. The van der Waals surface area contributed by atoms with Gasteiger partial charge in [0.2, 0.25) is 0 Å². The number of nitrogens with one attached hydrogen (secondary N) is 1. The van der Waals surface area contributed by atoms with E-state index in [2.05, 4.69) is 21.2 Å². The first-order valence-corrected chi connectivity index (χ1v) is 5.17. The number of anilines is 1. The maximum atomic E-state index is 11.4. The average molecular weight is 256 g/mol. The van der Waals surface area contributed by atoms with E-state index in [1.165, 1.54) is 7.11 Å². The standard InChI is InChI=1S/C10H10BrNO2/c1-14-10(13)7-2-3-8(11)9-6(7)4-5-12-9/h2-3,12H,4-5H2,1H3. The number of fused-ring (bicyclic) bond motifs is 1. The topological polar surface area (TPSA) is 38.3 Å². The molecule has 74 valence electrons. The maximum absolute atomic E-state index is 11.4. The van der Waals surface area contributed by atoms with Crippen LogP contribution in [-0.2, 0) is 11.2 Å². The summed E-state index contributed by atoms with van der Waals surface area (Å²) in [4.78, 5) is 11.4. The van der Waals surface area contributed by atoms with Crippen molar-refractivity contribution in [3.8, 4) is 0 Å². The highest BCUT2D eigenvalue weighted by Gasteiger charge is 2.21. The van der Waals surface area contributed by atoms with Crippen LogP contribution in [0.1, 0.15) is 15.9 Å². The molecule has 14 heavy (non-hydrogen) atoms. The van der Waals surface area contributed by atoms with Gasteiger partial charge in [0.05, 0.1) is 18.4 Å². The molecule has 0 unspecified atom stereocenters. The number of methoxy groups -OCH3 is 1. The van der Waals surface area contributed by atoms with Crippen molar-refractivity contribution in [2.45, 2.75) is 6.42 Å². The van der Waals surface area contributed by atoms with Crippen LogP contribution in [0.4, 0.5) is 5.69 Å². The van der Waals surface area contributed by atoms with Crippen LogP contribution in [0.2, 0.25) is 0 Å². The molecule has 2 rings (SSSR count). The van der Waals surface area contributed by atoms with Gasteiger partial charge >= 0.3 is 5.97 Å². The Bertz CT molecular complexity index is 390. The van der Waals surface area contributed by atoms with Gasteiger partial charge in [-0.15, -0.1) is 0 Å². The van der Waals surface area contributed by atoms with Gasteiger partial charge in [-0.2, -0.15) is 0 Å². The number of ether oxygens (including phenoxy) is 1. The number of hydrogen-bond donors (Lipinski definition) is 1. The van der Waals surface area contributed by atoms with Crippen molar-refractivity contribution in [3.63, 3.8) is 0 Å². The van der Waals surface area contributed by atoms with E-state index < -0.39 is 0 Å². The zero-order valence-electron chi connectivity index (χ0n) is 7.76. The lowest BCUT2D eigenvalue weighted by Gasteiger charge is -2.07. The van der Waals surface area contributed by atoms with Crippen LogP contribution in [0, 0.1) is 0 Å². The monoisotopic (exact) mass is 255 g/mol. The number of esters is 1. The molecule has 0 saturated carbocycles. The van der Waals surface area contributed by atoms with Crippen molar-refractivity contribution in [1.29, 1.82) is 0 Å². The van der Waals surface area contributed by atoms with E-state index in [1.54, 1.807) is 6.07 Å². The Balaban J connectivity index is 2.53. The van der Waals surface area contributed by atoms with Crippen molar-refractivity contribution < 1.29 is 9.53 Å². The van der Waals surface area contributed by atoms with Crippen molar-refractivity contribution in [3.05, 3.63) is 27.7 Å². The zero-order chi connectivity index (χ0) is 10.1. The molecule has 1 aromatic rings. The van der Waals surface area contributed by atoms with Gasteiger partial charge in [-0.3, -0.25) is 0 Å². The van der Waals surface area contributed by atoms with E-state index >= 15 is 0 Å². The van der Waals surface area contributed by atoms with Gasteiger partial charge in [-0.25, -0.2) is 4.79 Å². The maximum Gasteiger partial charge on any atom is 0.338 e. The van der Waals surface area contributed by atoms with E-state index in [-0.39, 0.29) is 5.97 Å². The second-order valence-corrected chi connectivity index (χ2v) is 3.97. The number of carbonyl (C=O) groups excluding carboxylic acids is 1. The number of hydrogen-bond acceptors (Lipinski definition) is 3.